The molecule has 2 amide bonds. The molecular formula is C15H27N3O10S. The number of aliphatic hydroxyl groups is 4. The number of hydrogen-bond acceptors (Lipinski definition) is 10. The summed E-state index contributed by atoms with van der Waals surface area (Å²) < 4.78 is 0. The zero-order valence-corrected chi connectivity index (χ0v) is 16.6. The summed E-state index contributed by atoms with van der Waals surface area (Å²) in [5.41, 5.74) is 0. The van der Waals surface area contributed by atoms with E-state index in [4.69, 9.17) is 15.3 Å². The van der Waals surface area contributed by atoms with Gasteiger partial charge in [-0.05, 0) is 13.3 Å². The van der Waals surface area contributed by atoms with Crippen molar-refractivity contribution in [2.45, 2.75) is 42.9 Å². The Labute approximate surface area is 170 Å². The Morgan fingerprint density at radius 1 is 0.931 bits per heavy atom. The first-order valence-corrected chi connectivity index (χ1v) is 9.76. The van der Waals surface area contributed by atoms with Gasteiger partial charge in [0, 0.05) is 12.3 Å². The lowest BCUT2D eigenvalue weighted by molar-refractivity contribution is -0.162. The van der Waals surface area contributed by atoms with Crippen molar-refractivity contribution in [3.8, 4) is 0 Å². The number of rotatable bonds is 14. The average Bonchev–Trinajstić information content (AvgIpc) is 2.67. The molecule has 0 rings (SSSR count). The van der Waals surface area contributed by atoms with Crippen LogP contribution < -0.4 is 16.0 Å². The van der Waals surface area contributed by atoms with Gasteiger partial charge < -0.3 is 46.6 Å². The first-order chi connectivity index (χ1) is 13.5. The van der Waals surface area contributed by atoms with E-state index in [9.17, 15) is 34.5 Å². The Kier molecular flexibility index (Phi) is 12.4. The average molecular weight is 441 g/mol. The number of amides is 2. The summed E-state index contributed by atoms with van der Waals surface area (Å²) in [4.78, 5) is 45.7. The number of carboxylic acids is 2. The third kappa shape index (κ3) is 9.38. The van der Waals surface area contributed by atoms with E-state index in [0.717, 1.165) is 0 Å². The summed E-state index contributed by atoms with van der Waals surface area (Å²) in [5, 5.41) is 62.6. The van der Waals surface area contributed by atoms with Crippen molar-refractivity contribution >= 4 is 35.5 Å². The minimum atomic E-state index is -2.34. The van der Waals surface area contributed by atoms with E-state index in [1.54, 1.807) is 6.26 Å². The molecule has 29 heavy (non-hydrogen) atoms. The highest BCUT2D eigenvalue weighted by Gasteiger charge is 2.34. The van der Waals surface area contributed by atoms with E-state index < -0.39 is 73.2 Å². The van der Waals surface area contributed by atoms with Crippen LogP contribution in [0, 0.1) is 0 Å². The lowest BCUT2D eigenvalue weighted by Crippen LogP contribution is -2.53. The maximum absolute atomic E-state index is 12.1. The van der Waals surface area contributed by atoms with Crippen molar-refractivity contribution in [1.82, 2.24) is 16.0 Å². The molecule has 0 aromatic heterocycles. The minimum absolute atomic E-state index is 0.123. The standard InChI is InChI=1S/C15H27N3O10S/c1-16-6(13(24)18-7(5-29-2)14(25)26)3-9(20)17-4-8(19)10(21)11(22)12(23)15(27)28/h6-8,10-12,16,19,21-23H,3-5H2,1-2H3,(H,17,20)(H,18,24)(H,25,26)(H,27,28)/t6?,7-,8?,10?,11?,12?/m0/s1. The number of aliphatic hydroxyl groups excluding tert-OH is 4. The number of nitrogens with one attached hydrogen (secondary N) is 3. The number of carbonyl (C=O) groups is 4. The molecule has 0 radical (unpaired) electrons. The SMILES string of the molecule is CNC(CC(=O)NCC(O)C(O)C(O)C(O)C(=O)O)C(=O)N[C@@H](CSC)C(=O)O. The predicted molar refractivity (Wildman–Crippen MR) is 100 cm³/mol. The van der Waals surface area contributed by atoms with E-state index in [1.165, 1.54) is 18.8 Å². The molecule has 0 aromatic carbocycles. The maximum atomic E-state index is 12.1. The summed E-state index contributed by atoms with van der Waals surface area (Å²) in [6, 6.07) is -2.23. The van der Waals surface area contributed by atoms with Gasteiger partial charge in [-0.1, -0.05) is 0 Å². The molecule has 0 bridgehead atoms. The van der Waals surface area contributed by atoms with Crippen LogP contribution in [0.2, 0.25) is 0 Å². The molecule has 0 heterocycles. The number of hydrogen-bond donors (Lipinski definition) is 9. The first kappa shape index (κ1) is 27.0. The molecule has 0 aliphatic carbocycles. The van der Waals surface area contributed by atoms with Crippen LogP contribution in [0.4, 0.5) is 0 Å². The van der Waals surface area contributed by atoms with E-state index in [0.29, 0.717) is 0 Å². The molecule has 0 saturated heterocycles. The molecule has 5 unspecified atom stereocenters. The van der Waals surface area contributed by atoms with Gasteiger partial charge in [0.15, 0.2) is 6.10 Å². The van der Waals surface area contributed by atoms with Crippen LogP contribution in [0.25, 0.3) is 0 Å². The molecule has 9 N–H and O–H groups in total. The predicted octanol–water partition coefficient (Wildman–Crippen LogP) is -4.46. The van der Waals surface area contributed by atoms with Crippen molar-refractivity contribution < 1.29 is 49.8 Å². The van der Waals surface area contributed by atoms with Gasteiger partial charge in [-0.25, -0.2) is 9.59 Å². The summed E-state index contributed by atoms with van der Waals surface area (Å²) in [5.74, 6) is -4.40. The van der Waals surface area contributed by atoms with Crippen molar-refractivity contribution in [2.24, 2.45) is 0 Å². The first-order valence-electron chi connectivity index (χ1n) is 8.37. The van der Waals surface area contributed by atoms with Crippen LogP contribution >= 0.6 is 11.8 Å². The Morgan fingerprint density at radius 2 is 1.52 bits per heavy atom. The summed E-state index contributed by atoms with van der Waals surface area (Å²) in [6.07, 6.45) is -7.17. The van der Waals surface area contributed by atoms with Crippen LogP contribution in [-0.2, 0) is 19.2 Å². The highest BCUT2D eigenvalue weighted by molar-refractivity contribution is 7.98. The summed E-state index contributed by atoms with van der Waals surface area (Å²) in [6.45, 7) is -0.605. The largest absolute Gasteiger partial charge is 0.480 e. The minimum Gasteiger partial charge on any atom is -0.480 e. The van der Waals surface area contributed by atoms with Crippen molar-refractivity contribution in [1.29, 1.82) is 0 Å². The second kappa shape index (κ2) is 13.3. The van der Waals surface area contributed by atoms with Gasteiger partial charge in [-0.15, -0.1) is 0 Å². The van der Waals surface area contributed by atoms with E-state index in [1.807, 2.05) is 0 Å². The highest BCUT2D eigenvalue weighted by Crippen LogP contribution is 2.06. The van der Waals surface area contributed by atoms with Gasteiger partial charge >= 0.3 is 11.9 Å². The quantitative estimate of drug-likeness (QED) is 0.124. The van der Waals surface area contributed by atoms with Crippen LogP contribution in [0.1, 0.15) is 6.42 Å². The van der Waals surface area contributed by atoms with Crippen LogP contribution in [0.3, 0.4) is 0 Å². The Balaban J connectivity index is 4.67. The molecule has 0 aromatic rings. The summed E-state index contributed by atoms with van der Waals surface area (Å²) in [7, 11) is 1.38. The Bertz CT molecular complexity index is 579. The number of carboxylic acid groups (broad SMARTS) is 2. The monoisotopic (exact) mass is 441 g/mol. The molecule has 6 atom stereocenters. The lowest BCUT2D eigenvalue weighted by atomic mass is 10.0. The van der Waals surface area contributed by atoms with Crippen LogP contribution in [0.15, 0.2) is 0 Å². The Morgan fingerprint density at radius 3 is 1.97 bits per heavy atom. The number of aliphatic carboxylic acids is 2. The Hall–Kier alpha value is -1.97. The maximum Gasteiger partial charge on any atom is 0.335 e. The second-order valence-electron chi connectivity index (χ2n) is 6.04. The summed E-state index contributed by atoms with van der Waals surface area (Å²) >= 11 is 1.21. The molecule has 0 aliphatic rings. The van der Waals surface area contributed by atoms with Gasteiger partial charge in [-0.2, -0.15) is 11.8 Å². The van der Waals surface area contributed by atoms with Gasteiger partial charge in [0.1, 0.15) is 18.2 Å². The van der Waals surface area contributed by atoms with E-state index in [2.05, 4.69) is 16.0 Å². The van der Waals surface area contributed by atoms with Crippen LogP contribution in [0.5, 0.6) is 0 Å². The third-order valence-electron chi connectivity index (χ3n) is 3.83. The van der Waals surface area contributed by atoms with Crippen molar-refractivity contribution in [3.63, 3.8) is 0 Å². The van der Waals surface area contributed by atoms with Gasteiger partial charge in [-0.3, -0.25) is 9.59 Å². The van der Waals surface area contributed by atoms with Crippen LogP contribution in [-0.4, -0.2) is 116 Å². The van der Waals surface area contributed by atoms with E-state index in [-0.39, 0.29) is 5.75 Å². The second-order valence-corrected chi connectivity index (χ2v) is 6.95. The fourth-order valence-corrected chi connectivity index (χ4v) is 2.66. The fourth-order valence-electron chi connectivity index (χ4n) is 2.10. The van der Waals surface area contributed by atoms with Gasteiger partial charge in [0.25, 0.3) is 0 Å². The normalized spacial score (nSPS) is 17.3. The molecule has 168 valence electrons. The van der Waals surface area contributed by atoms with Gasteiger partial charge in [0.2, 0.25) is 11.8 Å². The molecule has 0 fully saturated rings. The molecular weight excluding hydrogens is 414 g/mol. The van der Waals surface area contributed by atoms with Crippen molar-refractivity contribution in [2.75, 3.05) is 25.6 Å². The zero-order valence-electron chi connectivity index (χ0n) is 15.8. The highest BCUT2D eigenvalue weighted by atomic mass is 32.2. The molecule has 13 nitrogen and oxygen atoms in total. The number of thioether (sulfide) groups is 1. The van der Waals surface area contributed by atoms with Gasteiger partial charge in [0.05, 0.1) is 18.6 Å². The zero-order chi connectivity index (χ0) is 22.7. The topological polar surface area (TPSA) is 226 Å². The third-order valence-corrected chi connectivity index (χ3v) is 4.50. The fraction of sp³-hybridized carbons (Fsp3) is 0.733. The smallest absolute Gasteiger partial charge is 0.335 e. The lowest BCUT2D eigenvalue weighted by Gasteiger charge is -2.25. The molecule has 0 saturated carbocycles. The van der Waals surface area contributed by atoms with Crippen molar-refractivity contribution in [3.05, 3.63) is 0 Å². The van der Waals surface area contributed by atoms with E-state index >= 15 is 0 Å². The molecule has 0 spiro atoms. The number of carbonyl (C=O) groups excluding carboxylic acids is 2. The number of likely N-dealkylation sites (N-methyl/N-ethyl adjacent to an activating group) is 1. The molecule has 0 aliphatic heterocycles. The molecule has 14 heteroatoms.